The predicted molar refractivity (Wildman–Crippen MR) is 56.7 cm³/mol. The molecule has 0 unspecified atom stereocenters. The molecule has 0 amide bonds. The van der Waals surface area contributed by atoms with Crippen molar-refractivity contribution >= 4 is 0 Å². The molecule has 1 rings (SSSR count). The molecule has 1 aromatic heterocycles. The Morgan fingerprint density at radius 1 is 1.50 bits per heavy atom. The highest BCUT2D eigenvalue weighted by molar-refractivity contribution is 5.18. The molecule has 0 bridgehead atoms. The second-order valence-electron chi connectivity index (χ2n) is 3.22. The van der Waals surface area contributed by atoms with E-state index in [1.54, 1.807) is 6.20 Å². The standard InChI is InChI=1S/C11H18N2O/c1-2-3-7-14-9-10-5-4-6-13-11(10)8-12/h4-6H,2-3,7-9,12H2,1H3. The van der Waals surface area contributed by atoms with E-state index in [0.29, 0.717) is 13.2 Å². The lowest BCUT2D eigenvalue weighted by Gasteiger charge is -2.06. The van der Waals surface area contributed by atoms with Crippen LogP contribution in [0.15, 0.2) is 18.3 Å². The summed E-state index contributed by atoms with van der Waals surface area (Å²) in [5, 5.41) is 0. The molecule has 0 atom stereocenters. The van der Waals surface area contributed by atoms with Gasteiger partial charge in [0.25, 0.3) is 0 Å². The van der Waals surface area contributed by atoms with Crippen LogP contribution in [0.1, 0.15) is 31.0 Å². The first kappa shape index (κ1) is 11.1. The zero-order valence-corrected chi connectivity index (χ0v) is 8.70. The number of nitrogens with zero attached hydrogens (tertiary/aromatic N) is 1. The van der Waals surface area contributed by atoms with Crippen LogP contribution in [0.2, 0.25) is 0 Å². The number of nitrogens with two attached hydrogens (primary N) is 1. The number of hydrogen-bond donors (Lipinski definition) is 1. The fourth-order valence-electron chi connectivity index (χ4n) is 1.22. The molecule has 1 aromatic rings. The lowest BCUT2D eigenvalue weighted by Crippen LogP contribution is -2.06. The summed E-state index contributed by atoms with van der Waals surface area (Å²) in [4.78, 5) is 4.19. The lowest BCUT2D eigenvalue weighted by molar-refractivity contribution is 0.117. The molecule has 0 aromatic carbocycles. The van der Waals surface area contributed by atoms with Crippen LogP contribution in [0.4, 0.5) is 0 Å². The molecule has 0 aliphatic heterocycles. The summed E-state index contributed by atoms with van der Waals surface area (Å²) in [6.07, 6.45) is 4.03. The van der Waals surface area contributed by atoms with Crippen molar-refractivity contribution in [2.24, 2.45) is 5.73 Å². The van der Waals surface area contributed by atoms with E-state index < -0.39 is 0 Å². The first-order chi connectivity index (χ1) is 6.88. The van der Waals surface area contributed by atoms with Crippen LogP contribution in [0.25, 0.3) is 0 Å². The minimum absolute atomic E-state index is 0.479. The Balaban J connectivity index is 2.41. The van der Waals surface area contributed by atoms with Gasteiger partial charge < -0.3 is 10.5 Å². The molecule has 2 N–H and O–H groups in total. The van der Waals surface area contributed by atoms with E-state index in [2.05, 4.69) is 11.9 Å². The summed E-state index contributed by atoms with van der Waals surface area (Å²) in [6, 6.07) is 3.93. The van der Waals surface area contributed by atoms with Gasteiger partial charge in [-0.2, -0.15) is 0 Å². The average Bonchev–Trinajstić information content (AvgIpc) is 2.25. The minimum Gasteiger partial charge on any atom is -0.377 e. The number of hydrogen-bond acceptors (Lipinski definition) is 3. The molecule has 0 saturated carbocycles. The quantitative estimate of drug-likeness (QED) is 0.703. The van der Waals surface area contributed by atoms with Gasteiger partial charge in [0.05, 0.1) is 12.3 Å². The van der Waals surface area contributed by atoms with Crippen LogP contribution in [0.3, 0.4) is 0 Å². The molecule has 0 fully saturated rings. The third-order valence-electron chi connectivity index (χ3n) is 2.08. The van der Waals surface area contributed by atoms with E-state index in [0.717, 1.165) is 30.7 Å². The molecule has 0 aliphatic carbocycles. The summed E-state index contributed by atoms with van der Waals surface area (Å²) in [5.41, 5.74) is 7.60. The maximum Gasteiger partial charge on any atom is 0.0735 e. The second-order valence-corrected chi connectivity index (χ2v) is 3.22. The van der Waals surface area contributed by atoms with E-state index in [1.807, 2.05) is 12.1 Å². The van der Waals surface area contributed by atoms with Gasteiger partial charge in [0.2, 0.25) is 0 Å². The molecule has 78 valence electrons. The van der Waals surface area contributed by atoms with Crippen molar-refractivity contribution < 1.29 is 4.74 Å². The number of pyridine rings is 1. The second kappa shape index (κ2) is 6.51. The van der Waals surface area contributed by atoms with E-state index >= 15 is 0 Å². The van der Waals surface area contributed by atoms with Crippen LogP contribution < -0.4 is 5.73 Å². The van der Waals surface area contributed by atoms with Gasteiger partial charge in [-0.1, -0.05) is 19.4 Å². The maximum atomic E-state index is 5.56. The van der Waals surface area contributed by atoms with Gasteiger partial charge in [-0.05, 0) is 12.5 Å². The van der Waals surface area contributed by atoms with E-state index in [-0.39, 0.29) is 0 Å². The number of ether oxygens (including phenoxy) is 1. The summed E-state index contributed by atoms with van der Waals surface area (Å²) >= 11 is 0. The first-order valence-corrected chi connectivity index (χ1v) is 5.09. The molecular weight excluding hydrogens is 176 g/mol. The molecule has 0 aliphatic rings. The monoisotopic (exact) mass is 194 g/mol. The van der Waals surface area contributed by atoms with Gasteiger partial charge in [0, 0.05) is 24.9 Å². The number of unbranched alkanes of at least 4 members (excludes halogenated alkanes) is 1. The zero-order chi connectivity index (χ0) is 10.2. The van der Waals surface area contributed by atoms with Crippen molar-refractivity contribution in [3.05, 3.63) is 29.6 Å². The van der Waals surface area contributed by atoms with Crippen molar-refractivity contribution in [1.29, 1.82) is 0 Å². The van der Waals surface area contributed by atoms with E-state index in [4.69, 9.17) is 10.5 Å². The normalized spacial score (nSPS) is 10.4. The van der Waals surface area contributed by atoms with Crippen LogP contribution in [-0.4, -0.2) is 11.6 Å². The number of rotatable bonds is 6. The first-order valence-electron chi connectivity index (χ1n) is 5.09. The zero-order valence-electron chi connectivity index (χ0n) is 8.70. The summed E-state index contributed by atoms with van der Waals surface area (Å²) in [5.74, 6) is 0. The van der Waals surface area contributed by atoms with Gasteiger partial charge in [-0.3, -0.25) is 4.98 Å². The molecule has 0 radical (unpaired) electrons. The Morgan fingerprint density at radius 2 is 2.36 bits per heavy atom. The van der Waals surface area contributed by atoms with Crippen LogP contribution in [-0.2, 0) is 17.9 Å². The van der Waals surface area contributed by atoms with E-state index in [1.165, 1.54) is 0 Å². The SMILES string of the molecule is CCCCOCc1cccnc1CN. The van der Waals surface area contributed by atoms with Gasteiger partial charge in [0.15, 0.2) is 0 Å². The van der Waals surface area contributed by atoms with Crippen LogP contribution in [0, 0.1) is 0 Å². The topological polar surface area (TPSA) is 48.1 Å². The smallest absolute Gasteiger partial charge is 0.0735 e. The minimum atomic E-state index is 0.479. The third kappa shape index (κ3) is 3.44. The third-order valence-corrected chi connectivity index (χ3v) is 2.08. The Labute approximate surface area is 85.3 Å². The molecular formula is C11H18N2O. The lowest BCUT2D eigenvalue weighted by atomic mass is 10.2. The Morgan fingerprint density at radius 3 is 3.07 bits per heavy atom. The van der Waals surface area contributed by atoms with Crippen molar-refractivity contribution in [3.8, 4) is 0 Å². The summed E-state index contributed by atoms with van der Waals surface area (Å²) < 4.78 is 5.51. The van der Waals surface area contributed by atoms with Crippen molar-refractivity contribution in [3.63, 3.8) is 0 Å². The molecule has 1 heterocycles. The van der Waals surface area contributed by atoms with E-state index in [9.17, 15) is 0 Å². The highest BCUT2D eigenvalue weighted by atomic mass is 16.5. The highest BCUT2D eigenvalue weighted by Crippen LogP contribution is 2.06. The molecule has 0 spiro atoms. The molecule has 0 saturated heterocycles. The fraction of sp³-hybridized carbons (Fsp3) is 0.545. The fourth-order valence-corrected chi connectivity index (χ4v) is 1.22. The Hall–Kier alpha value is -0.930. The Bertz CT molecular complexity index is 263. The van der Waals surface area contributed by atoms with Crippen LogP contribution >= 0.6 is 0 Å². The van der Waals surface area contributed by atoms with Crippen molar-refractivity contribution in [2.45, 2.75) is 32.9 Å². The van der Waals surface area contributed by atoms with Gasteiger partial charge in [0.1, 0.15) is 0 Å². The van der Waals surface area contributed by atoms with Crippen molar-refractivity contribution in [1.82, 2.24) is 4.98 Å². The Kier molecular flexibility index (Phi) is 5.19. The number of aromatic nitrogens is 1. The highest BCUT2D eigenvalue weighted by Gasteiger charge is 2.00. The largest absolute Gasteiger partial charge is 0.377 e. The molecule has 3 nitrogen and oxygen atoms in total. The summed E-state index contributed by atoms with van der Waals surface area (Å²) in [7, 11) is 0. The summed E-state index contributed by atoms with van der Waals surface area (Å²) in [6.45, 7) is 4.07. The molecule has 3 heteroatoms. The van der Waals surface area contributed by atoms with Crippen molar-refractivity contribution in [2.75, 3.05) is 6.61 Å². The van der Waals surface area contributed by atoms with Gasteiger partial charge >= 0.3 is 0 Å². The average molecular weight is 194 g/mol. The predicted octanol–water partition coefficient (Wildman–Crippen LogP) is 1.86. The van der Waals surface area contributed by atoms with Gasteiger partial charge in [-0.25, -0.2) is 0 Å². The van der Waals surface area contributed by atoms with Crippen LogP contribution in [0.5, 0.6) is 0 Å². The maximum absolute atomic E-state index is 5.56. The van der Waals surface area contributed by atoms with Gasteiger partial charge in [-0.15, -0.1) is 0 Å². The molecule has 14 heavy (non-hydrogen) atoms.